The molecule has 0 aromatic heterocycles. The van der Waals surface area contributed by atoms with E-state index in [1.54, 1.807) is 30.3 Å². The normalized spacial score (nSPS) is 16.4. The molecule has 0 amide bonds. The van der Waals surface area contributed by atoms with Gasteiger partial charge in [0.25, 0.3) is 5.34 Å². The van der Waals surface area contributed by atoms with Gasteiger partial charge in [-0.3, -0.25) is 4.57 Å². The smallest absolute Gasteiger partial charge is 0.367 e. The van der Waals surface area contributed by atoms with Gasteiger partial charge in [-0.2, -0.15) is 13.2 Å². The first-order valence-corrected chi connectivity index (χ1v) is 8.46. The predicted octanol–water partition coefficient (Wildman–Crippen LogP) is 4.33. The molecule has 2 atom stereocenters. The van der Waals surface area contributed by atoms with Crippen molar-refractivity contribution in [3.05, 3.63) is 71.8 Å². The highest BCUT2D eigenvalue weighted by molar-refractivity contribution is 7.65. The molecule has 2 rings (SSSR count). The molecule has 0 bridgehead atoms. The highest BCUT2D eigenvalue weighted by Gasteiger charge is 2.67. The molecule has 24 heavy (non-hydrogen) atoms. The van der Waals surface area contributed by atoms with Crippen LogP contribution in [0.5, 0.6) is 0 Å². The minimum Gasteiger partial charge on any atom is -0.367 e. The monoisotopic (exact) mass is 354 g/mol. The van der Waals surface area contributed by atoms with Crippen molar-refractivity contribution in [3.8, 4) is 11.6 Å². The predicted molar refractivity (Wildman–Crippen MR) is 84.3 cm³/mol. The third-order valence-electron chi connectivity index (χ3n) is 3.38. The minimum atomic E-state index is -5.24. The average Bonchev–Trinajstić information content (AvgIpc) is 2.59. The van der Waals surface area contributed by atoms with Gasteiger partial charge in [0, 0.05) is 18.2 Å². The van der Waals surface area contributed by atoms with Gasteiger partial charge in [0.1, 0.15) is 0 Å². The Labute approximate surface area is 137 Å². The minimum absolute atomic E-state index is 0.354. The van der Waals surface area contributed by atoms with E-state index in [0.29, 0.717) is 5.56 Å². The van der Waals surface area contributed by atoms with Crippen LogP contribution in [-0.4, -0.2) is 18.4 Å². The summed E-state index contributed by atoms with van der Waals surface area (Å²) in [6.07, 6.45) is -5.24. The van der Waals surface area contributed by atoms with Crippen molar-refractivity contribution in [1.29, 1.82) is 0 Å². The van der Waals surface area contributed by atoms with Crippen molar-refractivity contribution in [2.75, 3.05) is 7.11 Å². The Kier molecular flexibility index (Phi) is 5.19. The van der Waals surface area contributed by atoms with Gasteiger partial charge in [0.05, 0.1) is 0 Å². The molecular weight excluding hydrogens is 340 g/mol. The molecule has 0 fully saturated rings. The summed E-state index contributed by atoms with van der Waals surface area (Å²) in [7, 11) is -4.03. The highest BCUT2D eigenvalue weighted by Crippen LogP contribution is 2.67. The van der Waals surface area contributed by atoms with Crippen LogP contribution in [0.4, 0.5) is 13.2 Å². The van der Waals surface area contributed by atoms with Gasteiger partial charge < -0.3 is 9.63 Å². The molecule has 2 aromatic rings. The molecule has 0 aliphatic rings. The van der Waals surface area contributed by atoms with Crippen molar-refractivity contribution < 1.29 is 27.4 Å². The number of hydrogen-bond donors (Lipinski definition) is 1. The Morgan fingerprint density at radius 2 is 1.50 bits per heavy atom. The van der Waals surface area contributed by atoms with Crippen LogP contribution in [0.15, 0.2) is 60.7 Å². The SMILES string of the molecule is CO[P@](=O)(C#Cc1ccccc1)[C@@](O)(c1ccccc1)C(F)(F)F. The summed E-state index contributed by atoms with van der Waals surface area (Å²) in [4.78, 5) is 0. The number of rotatable bonds is 3. The van der Waals surface area contributed by atoms with Crippen LogP contribution in [0.3, 0.4) is 0 Å². The number of aliphatic hydroxyl groups is 1. The van der Waals surface area contributed by atoms with Crippen molar-refractivity contribution in [3.63, 3.8) is 0 Å². The first-order valence-electron chi connectivity index (χ1n) is 6.83. The van der Waals surface area contributed by atoms with E-state index in [-0.39, 0.29) is 0 Å². The van der Waals surface area contributed by atoms with Crippen molar-refractivity contribution in [2.45, 2.75) is 11.5 Å². The van der Waals surface area contributed by atoms with Gasteiger partial charge >= 0.3 is 13.5 Å². The van der Waals surface area contributed by atoms with Crippen LogP contribution in [0.2, 0.25) is 0 Å². The van der Waals surface area contributed by atoms with E-state index < -0.39 is 24.5 Å². The molecule has 0 spiro atoms. The topological polar surface area (TPSA) is 46.5 Å². The second kappa shape index (κ2) is 6.82. The zero-order valence-electron chi connectivity index (χ0n) is 12.6. The van der Waals surface area contributed by atoms with E-state index >= 15 is 0 Å². The second-order valence-corrected chi connectivity index (χ2v) is 7.21. The van der Waals surface area contributed by atoms with Gasteiger partial charge in [0.15, 0.2) is 0 Å². The fourth-order valence-corrected chi connectivity index (χ4v) is 3.71. The fourth-order valence-electron chi connectivity index (χ4n) is 2.09. The van der Waals surface area contributed by atoms with E-state index in [4.69, 9.17) is 0 Å². The Bertz CT molecular complexity index is 795. The lowest BCUT2D eigenvalue weighted by Gasteiger charge is -2.33. The summed E-state index contributed by atoms with van der Waals surface area (Å²) < 4.78 is 58.4. The van der Waals surface area contributed by atoms with Crippen molar-refractivity contribution in [2.24, 2.45) is 0 Å². The maximum atomic E-state index is 13.6. The van der Waals surface area contributed by atoms with Crippen LogP contribution >= 0.6 is 7.37 Å². The van der Waals surface area contributed by atoms with Crippen LogP contribution in [-0.2, 0) is 14.4 Å². The van der Waals surface area contributed by atoms with Gasteiger partial charge in [-0.15, -0.1) is 0 Å². The van der Waals surface area contributed by atoms with Crippen LogP contribution in [0, 0.1) is 11.6 Å². The Balaban J connectivity index is 2.63. The lowest BCUT2D eigenvalue weighted by atomic mass is 10.1. The third kappa shape index (κ3) is 3.25. The lowest BCUT2D eigenvalue weighted by molar-refractivity contribution is -0.231. The molecule has 0 aliphatic heterocycles. The number of halogens is 3. The van der Waals surface area contributed by atoms with Crippen LogP contribution in [0.25, 0.3) is 0 Å². The summed E-state index contributed by atoms with van der Waals surface area (Å²) in [5.74, 6) is 2.39. The molecule has 0 aliphatic carbocycles. The second-order valence-electron chi connectivity index (χ2n) is 4.87. The molecule has 1 N–H and O–H groups in total. The standard InChI is InChI=1S/C17H14F3O3P/c1-23-24(22,13-12-14-8-4-2-5-9-14)16(21,17(18,19)20)15-10-6-3-7-11-15/h2-11,21H,1H3/t16-,24+/m0/s1. The average molecular weight is 354 g/mol. The summed E-state index contributed by atoms with van der Waals surface area (Å²) in [5.41, 5.74) is 1.78. The Hall–Kier alpha value is -2.06. The van der Waals surface area contributed by atoms with Gasteiger partial charge in [-0.1, -0.05) is 54.5 Å². The molecule has 2 aromatic carbocycles. The number of alkyl halides is 3. The summed E-state index contributed by atoms with van der Waals surface area (Å²) in [6, 6.07) is 14.2. The largest absolute Gasteiger partial charge is 0.431 e. The van der Waals surface area contributed by atoms with Crippen molar-refractivity contribution in [1.82, 2.24) is 0 Å². The first-order chi connectivity index (χ1) is 11.2. The molecule has 7 heteroatoms. The molecule has 0 heterocycles. The molecule has 0 unspecified atom stereocenters. The molecule has 0 radical (unpaired) electrons. The van der Waals surface area contributed by atoms with E-state index in [2.05, 4.69) is 10.4 Å². The first kappa shape index (κ1) is 18.3. The van der Waals surface area contributed by atoms with Gasteiger partial charge in [-0.05, 0) is 17.8 Å². The highest BCUT2D eigenvalue weighted by atomic mass is 31.2. The lowest BCUT2D eigenvalue weighted by Crippen LogP contribution is -2.42. The molecule has 3 nitrogen and oxygen atoms in total. The maximum Gasteiger partial charge on any atom is 0.431 e. The fraction of sp³-hybridized carbons (Fsp3) is 0.176. The summed E-state index contributed by atoms with van der Waals surface area (Å²) in [5, 5.41) is 6.68. The Morgan fingerprint density at radius 1 is 1.00 bits per heavy atom. The van der Waals surface area contributed by atoms with Crippen molar-refractivity contribution >= 4 is 7.37 Å². The third-order valence-corrected chi connectivity index (χ3v) is 5.66. The molecule has 126 valence electrons. The molecular formula is C17H14F3O3P. The number of hydrogen-bond acceptors (Lipinski definition) is 3. The number of benzene rings is 2. The van der Waals surface area contributed by atoms with E-state index in [1.807, 2.05) is 5.66 Å². The van der Waals surface area contributed by atoms with Crippen LogP contribution in [0.1, 0.15) is 11.1 Å². The quantitative estimate of drug-likeness (QED) is 0.659. The van der Waals surface area contributed by atoms with Gasteiger partial charge in [-0.25, -0.2) is 0 Å². The zero-order valence-corrected chi connectivity index (χ0v) is 13.5. The van der Waals surface area contributed by atoms with E-state index in [9.17, 15) is 22.8 Å². The van der Waals surface area contributed by atoms with Crippen LogP contribution < -0.4 is 0 Å². The Morgan fingerprint density at radius 3 is 1.96 bits per heavy atom. The molecule has 0 saturated heterocycles. The van der Waals surface area contributed by atoms with Gasteiger partial charge in [0.2, 0.25) is 0 Å². The maximum absolute atomic E-state index is 13.6. The summed E-state index contributed by atoms with van der Waals surface area (Å²) >= 11 is 0. The summed E-state index contributed by atoms with van der Waals surface area (Å²) in [6.45, 7) is 0. The van der Waals surface area contributed by atoms with E-state index in [0.717, 1.165) is 19.2 Å². The van der Waals surface area contributed by atoms with E-state index in [1.165, 1.54) is 18.2 Å². The zero-order chi connectivity index (χ0) is 17.8. The molecule has 0 saturated carbocycles.